The molecule has 3 aromatic rings. The number of anilines is 1. The minimum atomic E-state index is -1.20. The van der Waals surface area contributed by atoms with Crippen LogP contribution in [0.5, 0.6) is 5.75 Å². The molecular formula is C28H30F3N5O4. The van der Waals surface area contributed by atoms with Crippen LogP contribution in [0.3, 0.4) is 0 Å². The van der Waals surface area contributed by atoms with Gasteiger partial charge in [0.1, 0.15) is 34.6 Å². The smallest absolute Gasteiger partial charge is 0.421 e. The number of ether oxygens (including phenoxy) is 1. The number of aromatic nitrogens is 2. The quantitative estimate of drug-likeness (QED) is 0.192. The topological polar surface area (TPSA) is 131 Å². The maximum Gasteiger partial charge on any atom is 0.421 e. The van der Waals surface area contributed by atoms with Gasteiger partial charge in [0.2, 0.25) is 0 Å². The number of benzene rings is 1. The Morgan fingerprint density at radius 3 is 2.45 bits per heavy atom. The summed E-state index contributed by atoms with van der Waals surface area (Å²) in [6, 6.07) is 5.34. The van der Waals surface area contributed by atoms with Crippen molar-refractivity contribution in [3.63, 3.8) is 0 Å². The number of rotatable bonds is 7. The van der Waals surface area contributed by atoms with Crippen LogP contribution in [0.1, 0.15) is 62.0 Å². The fourth-order valence-electron chi connectivity index (χ4n) is 5.13. The Kier molecular flexibility index (Phi) is 8.58. The summed E-state index contributed by atoms with van der Waals surface area (Å²) in [7, 11) is 0. The highest BCUT2D eigenvalue weighted by molar-refractivity contribution is 6.03. The molecule has 2 heterocycles. The Morgan fingerprint density at radius 2 is 1.82 bits per heavy atom. The maximum absolute atomic E-state index is 14.8. The highest BCUT2D eigenvalue weighted by Crippen LogP contribution is 2.40. The molecule has 3 atom stereocenters. The predicted molar refractivity (Wildman–Crippen MR) is 141 cm³/mol. The molecule has 0 spiro atoms. The van der Waals surface area contributed by atoms with Crippen LogP contribution in [-0.4, -0.2) is 44.2 Å². The molecule has 0 radical (unpaired) electrons. The average Bonchev–Trinajstić information content (AvgIpc) is 2.88. The molecule has 0 bridgehead atoms. The van der Waals surface area contributed by atoms with Crippen LogP contribution >= 0.6 is 0 Å². The van der Waals surface area contributed by atoms with Gasteiger partial charge in [-0.2, -0.15) is 0 Å². The standard InChI is InChI=1S/C28H30F3N5O4/c1-14(2)40-17-11-20(30)25(21(31)12-17)26-19(29)5-6-22(34-26)27(37)35-23-13-33-9-8-18(23)16-4-7-24(15(3)10-16)36(32)28(38)39/h5-6,8-9,11-16,24H,4,7,10,32H2,1-3H3,(H,35,37)(H,38,39)/t15-,16+,24?/m0/s1. The Morgan fingerprint density at radius 1 is 1.12 bits per heavy atom. The van der Waals surface area contributed by atoms with E-state index in [1.54, 1.807) is 26.1 Å². The number of hydrazine groups is 1. The summed E-state index contributed by atoms with van der Waals surface area (Å²) in [5, 5.41) is 12.8. The van der Waals surface area contributed by atoms with E-state index in [0.29, 0.717) is 24.9 Å². The van der Waals surface area contributed by atoms with E-state index in [9.17, 15) is 27.9 Å². The van der Waals surface area contributed by atoms with Gasteiger partial charge in [-0.05, 0) is 68.7 Å². The van der Waals surface area contributed by atoms with Gasteiger partial charge in [0.15, 0.2) is 0 Å². The van der Waals surface area contributed by atoms with Crippen LogP contribution in [-0.2, 0) is 0 Å². The molecule has 1 saturated carbocycles. The lowest BCUT2D eigenvalue weighted by Gasteiger charge is -2.38. The van der Waals surface area contributed by atoms with Gasteiger partial charge >= 0.3 is 6.09 Å². The van der Waals surface area contributed by atoms with Gasteiger partial charge in [-0.1, -0.05) is 6.92 Å². The first kappa shape index (κ1) is 28.8. The Hall–Kier alpha value is -4.19. The van der Waals surface area contributed by atoms with Crippen molar-refractivity contribution >= 4 is 17.7 Å². The molecule has 212 valence electrons. The number of hydrogen-bond acceptors (Lipinski definition) is 6. The summed E-state index contributed by atoms with van der Waals surface area (Å²) < 4.78 is 49.7. The predicted octanol–water partition coefficient (Wildman–Crippen LogP) is 5.73. The van der Waals surface area contributed by atoms with Gasteiger partial charge in [-0.3, -0.25) is 9.78 Å². The van der Waals surface area contributed by atoms with Gasteiger partial charge in [0, 0.05) is 18.3 Å². The van der Waals surface area contributed by atoms with E-state index in [4.69, 9.17) is 10.6 Å². The summed E-state index contributed by atoms with van der Waals surface area (Å²) >= 11 is 0. The Labute approximate surface area is 229 Å². The third kappa shape index (κ3) is 6.17. The second kappa shape index (κ2) is 11.9. The van der Waals surface area contributed by atoms with Crippen LogP contribution in [0.25, 0.3) is 11.3 Å². The number of pyridine rings is 2. The van der Waals surface area contributed by atoms with Gasteiger partial charge in [0.25, 0.3) is 5.91 Å². The van der Waals surface area contributed by atoms with Crippen LogP contribution in [0.4, 0.5) is 23.7 Å². The molecule has 4 N–H and O–H groups in total. The molecule has 1 unspecified atom stereocenters. The first-order valence-electron chi connectivity index (χ1n) is 12.8. The normalized spacial score (nSPS) is 18.9. The molecule has 0 saturated heterocycles. The number of carbonyl (C=O) groups is 2. The molecule has 2 amide bonds. The Bertz CT molecular complexity index is 1400. The summed E-state index contributed by atoms with van der Waals surface area (Å²) in [6.07, 6.45) is 3.29. The van der Waals surface area contributed by atoms with Crippen LogP contribution in [0.2, 0.25) is 0 Å². The number of nitrogens with zero attached hydrogens (tertiary/aromatic N) is 3. The molecule has 4 rings (SSSR count). The van der Waals surface area contributed by atoms with E-state index >= 15 is 0 Å². The van der Waals surface area contributed by atoms with Crippen LogP contribution < -0.4 is 15.9 Å². The van der Waals surface area contributed by atoms with E-state index in [2.05, 4.69) is 15.3 Å². The minimum Gasteiger partial charge on any atom is -0.491 e. The zero-order valence-electron chi connectivity index (χ0n) is 22.2. The van der Waals surface area contributed by atoms with Crippen molar-refractivity contribution in [2.75, 3.05) is 5.32 Å². The lowest BCUT2D eigenvalue weighted by molar-refractivity contribution is 0.0859. The molecule has 1 aliphatic carbocycles. The van der Waals surface area contributed by atoms with Crippen molar-refractivity contribution in [1.29, 1.82) is 0 Å². The molecule has 1 aliphatic rings. The van der Waals surface area contributed by atoms with Crippen molar-refractivity contribution in [3.8, 4) is 17.0 Å². The molecule has 1 aromatic carbocycles. The summed E-state index contributed by atoms with van der Waals surface area (Å²) in [5.74, 6) is 1.70. The average molecular weight is 558 g/mol. The maximum atomic E-state index is 14.8. The number of nitrogens with two attached hydrogens (primary N) is 1. The number of hydrogen-bond donors (Lipinski definition) is 3. The number of carbonyl (C=O) groups excluding carboxylic acids is 1. The second-order valence-electron chi connectivity index (χ2n) is 10.1. The zero-order valence-corrected chi connectivity index (χ0v) is 22.2. The molecule has 0 aliphatic heterocycles. The fourth-order valence-corrected chi connectivity index (χ4v) is 5.13. The summed E-state index contributed by atoms with van der Waals surface area (Å²) in [5.41, 5.74) is -0.447. The van der Waals surface area contributed by atoms with E-state index in [-0.39, 0.29) is 35.4 Å². The SMILES string of the molecule is CC(C)Oc1cc(F)c(-c2nc(C(=O)Nc3cnccc3[C@@H]3CCC(N(N)C(=O)O)[C@@H](C)C3)ccc2F)c(F)c1. The lowest BCUT2D eigenvalue weighted by Crippen LogP contribution is -2.49. The molecule has 2 aromatic heterocycles. The van der Waals surface area contributed by atoms with Crippen LogP contribution in [0, 0.1) is 23.4 Å². The third-order valence-corrected chi connectivity index (χ3v) is 6.95. The molecule has 40 heavy (non-hydrogen) atoms. The molecule has 12 heteroatoms. The third-order valence-electron chi connectivity index (χ3n) is 6.95. The van der Waals surface area contributed by atoms with E-state index < -0.39 is 40.7 Å². The zero-order chi connectivity index (χ0) is 29.1. The van der Waals surface area contributed by atoms with E-state index in [1.165, 1.54) is 6.20 Å². The Balaban J connectivity index is 1.57. The molecule has 1 fully saturated rings. The van der Waals surface area contributed by atoms with Crippen molar-refractivity contribution in [1.82, 2.24) is 15.0 Å². The second-order valence-corrected chi connectivity index (χ2v) is 10.1. The largest absolute Gasteiger partial charge is 0.491 e. The highest BCUT2D eigenvalue weighted by Gasteiger charge is 2.34. The first-order chi connectivity index (χ1) is 19.0. The van der Waals surface area contributed by atoms with Gasteiger partial charge < -0.3 is 15.2 Å². The van der Waals surface area contributed by atoms with Gasteiger partial charge in [0.05, 0.1) is 29.6 Å². The number of amides is 2. The highest BCUT2D eigenvalue weighted by atomic mass is 19.1. The monoisotopic (exact) mass is 557 g/mol. The molecular weight excluding hydrogens is 527 g/mol. The van der Waals surface area contributed by atoms with Gasteiger partial charge in [-0.15, -0.1) is 0 Å². The van der Waals surface area contributed by atoms with Crippen molar-refractivity contribution < 1.29 is 32.6 Å². The van der Waals surface area contributed by atoms with E-state index in [1.807, 2.05) is 6.92 Å². The summed E-state index contributed by atoms with van der Waals surface area (Å²) in [4.78, 5) is 32.5. The van der Waals surface area contributed by atoms with Crippen LogP contribution in [0.15, 0.2) is 42.7 Å². The number of carboxylic acid groups (broad SMARTS) is 1. The lowest BCUT2D eigenvalue weighted by atomic mass is 9.75. The van der Waals surface area contributed by atoms with Gasteiger partial charge in [-0.25, -0.2) is 33.8 Å². The van der Waals surface area contributed by atoms with E-state index in [0.717, 1.165) is 34.8 Å². The molecule has 9 nitrogen and oxygen atoms in total. The number of nitrogens with one attached hydrogen (secondary N) is 1. The van der Waals surface area contributed by atoms with Crippen molar-refractivity contribution in [2.24, 2.45) is 11.8 Å². The number of halogens is 3. The first-order valence-corrected chi connectivity index (χ1v) is 12.8. The van der Waals surface area contributed by atoms with Crippen molar-refractivity contribution in [2.45, 2.75) is 58.1 Å². The minimum absolute atomic E-state index is 0.0155. The fraction of sp³-hybridized carbons (Fsp3) is 0.357. The van der Waals surface area contributed by atoms with Crippen molar-refractivity contribution in [3.05, 3.63) is 71.4 Å². The summed E-state index contributed by atoms with van der Waals surface area (Å²) in [6.45, 7) is 5.31.